The number of rotatable bonds is 4. The molecule has 3 heterocycles. The van der Waals surface area contributed by atoms with Gasteiger partial charge in [0.05, 0.1) is 23.5 Å². The van der Waals surface area contributed by atoms with Crippen LogP contribution in [-0.4, -0.2) is 31.3 Å². The lowest BCUT2D eigenvalue weighted by Crippen LogP contribution is -2.36. The van der Waals surface area contributed by atoms with Gasteiger partial charge in [-0.25, -0.2) is 4.98 Å². The number of aliphatic hydroxyl groups excluding tert-OH is 1. The average Bonchev–Trinajstić information content (AvgIpc) is 2.93. The lowest BCUT2D eigenvalue weighted by molar-refractivity contribution is 0.0334. The maximum absolute atomic E-state index is 9.66. The van der Waals surface area contributed by atoms with Crippen molar-refractivity contribution in [3.63, 3.8) is 0 Å². The monoisotopic (exact) mass is 311 g/mol. The van der Waals surface area contributed by atoms with Crippen LogP contribution in [0.25, 0.3) is 11.1 Å². The van der Waals surface area contributed by atoms with Gasteiger partial charge >= 0.3 is 0 Å². The highest BCUT2D eigenvalue weighted by molar-refractivity contribution is 5.87. The number of nitrogens with zero attached hydrogens (tertiary/aromatic N) is 4. The number of aryl methyl sites for hydroxylation is 1. The minimum absolute atomic E-state index is 0.0213. The molecule has 0 amide bonds. The van der Waals surface area contributed by atoms with Crippen molar-refractivity contribution < 1.29 is 9.63 Å². The molecule has 118 valence electrons. The SMILES string of the molecule is Cc1noc2ncnc(N[C@H](c3ccccn3)C3CC(O)C3)c12. The van der Waals surface area contributed by atoms with Crippen LogP contribution in [0.5, 0.6) is 0 Å². The summed E-state index contributed by atoms with van der Waals surface area (Å²) >= 11 is 0. The molecule has 1 fully saturated rings. The fourth-order valence-electron chi connectivity index (χ4n) is 3.07. The molecule has 3 aromatic heterocycles. The Bertz CT molecular complexity index is 814. The molecular weight excluding hydrogens is 294 g/mol. The van der Waals surface area contributed by atoms with Gasteiger partial charge in [0, 0.05) is 6.20 Å². The first-order valence-corrected chi connectivity index (χ1v) is 7.65. The van der Waals surface area contributed by atoms with E-state index in [0.29, 0.717) is 17.4 Å². The van der Waals surface area contributed by atoms with Gasteiger partial charge in [-0.1, -0.05) is 11.2 Å². The van der Waals surface area contributed by atoms with Gasteiger partial charge in [0.1, 0.15) is 17.5 Å². The number of aromatic nitrogens is 4. The molecule has 23 heavy (non-hydrogen) atoms. The summed E-state index contributed by atoms with van der Waals surface area (Å²) in [6.07, 6.45) is 4.52. The maximum Gasteiger partial charge on any atom is 0.263 e. The molecule has 7 heteroatoms. The molecule has 1 aliphatic rings. The third kappa shape index (κ3) is 2.53. The normalized spacial score (nSPS) is 21.8. The van der Waals surface area contributed by atoms with Gasteiger partial charge in [-0.15, -0.1) is 0 Å². The van der Waals surface area contributed by atoms with Gasteiger partial charge in [-0.05, 0) is 37.8 Å². The second-order valence-corrected chi connectivity index (χ2v) is 5.93. The number of pyridine rings is 1. The molecule has 0 saturated heterocycles. The van der Waals surface area contributed by atoms with E-state index in [0.717, 1.165) is 29.6 Å². The quantitative estimate of drug-likeness (QED) is 0.762. The second kappa shape index (κ2) is 5.58. The molecule has 0 bridgehead atoms. The Kier molecular flexibility index (Phi) is 3.42. The van der Waals surface area contributed by atoms with Crippen LogP contribution in [0.1, 0.15) is 30.3 Å². The van der Waals surface area contributed by atoms with Gasteiger partial charge in [0.25, 0.3) is 5.71 Å². The number of hydrogen-bond donors (Lipinski definition) is 2. The van der Waals surface area contributed by atoms with Crippen molar-refractivity contribution >= 4 is 16.9 Å². The highest BCUT2D eigenvalue weighted by atomic mass is 16.5. The zero-order valence-corrected chi connectivity index (χ0v) is 12.7. The Morgan fingerprint density at radius 2 is 2.13 bits per heavy atom. The fraction of sp³-hybridized carbons (Fsp3) is 0.375. The van der Waals surface area contributed by atoms with Crippen molar-refractivity contribution in [2.75, 3.05) is 5.32 Å². The van der Waals surface area contributed by atoms with Crippen LogP contribution >= 0.6 is 0 Å². The smallest absolute Gasteiger partial charge is 0.263 e. The third-order valence-corrected chi connectivity index (χ3v) is 4.36. The zero-order valence-electron chi connectivity index (χ0n) is 12.7. The van der Waals surface area contributed by atoms with Crippen LogP contribution in [0.3, 0.4) is 0 Å². The first-order valence-electron chi connectivity index (χ1n) is 7.65. The summed E-state index contributed by atoms with van der Waals surface area (Å²) in [5.41, 5.74) is 2.15. The van der Waals surface area contributed by atoms with Crippen LogP contribution in [0, 0.1) is 12.8 Å². The molecule has 2 N–H and O–H groups in total. The van der Waals surface area contributed by atoms with Crippen LogP contribution in [0.4, 0.5) is 5.82 Å². The van der Waals surface area contributed by atoms with Crippen LogP contribution in [0.2, 0.25) is 0 Å². The van der Waals surface area contributed by atoms with Gasteiger partial charge < -0.3 is 14.9 Å². The summed E-state index contributed by atoms with van der Waals surface area (Å²) in [6.45, 7) is 1.86. The highest BCUT2D eigenvalue weighted by Crippen LogP contribution is 2.40. The number of hydrogen-bond acceptors (Lipinski definition) is 7. The molecule has 0 aromatic carbocycles. The first kappa shape index (κ1) is 14.1. The summed E-state index contributed by atoms with van der Waals surface area (Å²) in [7, 11) is 0. The Morgan fingerprint density at radius 1 is 1.26 bits per heavy atom. The third-order valence-electron chi connectivity index (χ3n) is 4.36. The number of fused-ring (bicyclic) bond motifs is 1. The zero-order chi connectivity index (χ0) is 15.8. The van der Waals surface area contributed by atoms with E-state index >= 15 is 0 Å². The van der Waals surface area contributed by atoms with E-state index in [2.05, 4.69) is 25.4 Å². The van der Waals surface area contributed by atoms with Crippen LogP contribution < -0.4 is 5.32 Å². The van der Waals surface area contributed by atoms with Crippen molar-refractivity contribution in [3.8, 4) is 0 Å². The van der Waals surface area contributed by atoms with E-state index in [-0.39, 0.29) is 12.1 Å². The van der Waals surface area contributed by atoms with E-state index in [1.54, 1.807) is 6.20 Å². The Hall–Kier alpha value is -2.54. The van der Waals surface area contributed by atoms with E-state index in [1.165, 1.54) is 6.33 Å². The van der Waals surface area contributed by atoms with E-state index < -0.39 is 0 Å². The minimum atomic E-state index is -0.226. The standard InChI is InChI=1S/C16H17N5O2/c1-9-13-15(18-8-19-16(13)23-21-9)20-14(10-6-11(22)7-10)12-4-2-3-5-17-12/h2-5,8,10-11,14,22H,6-7H2,1H3,(H,18,19,20)/t10?,11?,14-/m0/s1. The summed E-state index contributed by atoms with van der Waals surface area (Å²) in [6, 6.07) is 5.82. The molecule has 4 rings (SSSR count). The van der Waals surface area contributed by atoms with Crippen molar-refractivity contribution in [1.29, 1.82) is 0 Å². The molecule has 0 radical (unpaired) electrons. The average molecular weight is 311 g/mol. The van der Waals surface area contributed by atoms with Crippen molar-refractivity contribution in [2.24, 2.45) is 5.92 Å². The fourth-order valence-corrected chi connectivity index (χ4v) is 3.07. The molecule has 0 aliphatic heterocycles. The van der Waals surface area contributed by atoms with E-state index in [1.807, 2.05) is 25.1 Å². The first-order chi connectivity index (χ1) is 11.2. The topological polar surface area (TPSA) is 97.0 Å². The molecular formula is C16H17N5O2. The molecule has 3 aromatic rings. The molecule has 1 aliphatic carbocycles. The Morgan fingerprint density at radius 3 is 2.87 bits per heavy atom. The number of anilines is 1. The van der Waals surface area contributed by atoms with Crippen molar-refractivity contribution in [1.82, 2.24) is 20.1 Å². The molecule has 0 unspecified atom stereocenters. The Balaban J connectivity index is 1.71. The lowest BCUT2D eigenvalue weighted by atomic mass is 9.76. The Labute approximate surface area is 132 Å². The van der Waals surface area contributed by atoms with Gasteiger partial charge in [0.2, 0.25) is 0 Å². The van der Waals surface area contributed by atoms with E-state index in [4.69, 9.17) is 4.52 Å². The largest absolute Gasteiger partial charge is 0.393 e. The lowest BCUT2D eigenvalue weighted by Gasteiger charge is -2.38. The van der Waals surface area contributed by atoms with Crippen molar-refractivity contribution in [2.45, 2.75) is 31.9 Å². The number of nitrogens with one attached hydrogen (secondary N) is 1. The van der Waals surface area contributed by atoms with Crippen LogP contribution in [0.15, 0.2) is 35.2 Å². The van der Waals surface area contributed by atoms with E-state index in [9.17, 15) is 5.11 Å². The highest BCUT2D eigenvalue weighted by Gasteiger charge is 2.36. The molecule has 7 nitrogen and oxygen atoms in total. The second-order valence-electron chi connectivity index (χ2n) is 5.93. The molecule has 0 spiro atoms. The van der Waals surface area contributed by atoms with Gasteiger partial charge in [-0.2, -0.15) is 4.98 Å². The number of aliphatic hydroxyl groups is 1. The summed E-state index contributed by atoms with van der Waals surface area (Å²) in [5, 5.41) is 17.9. The minimum Gasteiger partial charge on any atom is -0.393 e. The predicted molar refractivity (Wildman–Crippen MR) is 83.7 cm³/mol. The summed E-state index contributed by atoms with van der Waals surface area (Å²) in [4.78, 5) is 12.9. The summed E-state index contributed by atoms with van der Waals surface area (Å²) in [5.74, 6) is 0.996. The predicted octanol–water partition coefficient (Wildman–Crippen LogP) is 2.25. The van der Waals surface area contributed by atoms with Crippen molar-refractivity contribution in [3.05, 3.63) is 42.1 Å². The van der Waals surface area contributed by atoms with Crippen LogP contribution in [-0.2, 0) is 0 Å². The molecule has 1 saturated carbocycles. The maximum atomic E-state index is 9.66. The molecule has 1 atom stereocenters. The van der Waals surface area contributed by atoms with Gasteiger partial charge in [0.15, 0.2) is 0 Å². The van der Waals surface area contributed by atoms with Gasteiger partial charge in [-0.3, -0.25) is 4.98 Å². The summed E-state index contributed by atoms with van der Waals surface area (Å²) < 4.78 is 5.20.